The molecule has 1 unspecified atom stereocenters. The van der Waals surface area contributed by atoms with E-state index in [1.54, 1.807) is 43.3 Å². The molecule has 4 N–H and O–H groups in total. The van der Waals surface area contributed by atoms with E-state index in [0.717, 1.165) is 19.4 Å². The number of anilines is 2. The number of methoxy groups -OCH3 is 1. The van der Waals surface area contributed by atoms with E-state index in [1.807, 2.05) is 0 Å². The Labute approximate surface area is 200 Å². The van der Waals surface area contributed by atoms with Crippen LogP contribution in [0.4, 0.5) is 15.8 Å². The molecule has 0 spiro atoms. The Bertz CT molecular complexity index is 1480. The van der Waals surface area contributed by atoms with Gasteiger partial charge in [0.1, 0.15) is 17.2 Å². The van der Waals surface area contributed by atoms with Crippen LogP contribution in [0.2, 0.25) is 0 Å². The van der Waals surface area contributed by atoms with E-state index < -0.39 is 11.4 Å². The molecule has 2 aromatic carbocycles. The zero-order valence-electron chi connectivity index (χ0n) is 19.6. The predicted molar refractivity (Wildman–Crippen MR) is 134 cm³/mol. The molecule has 1 aliphatic heterocycles. The van der Waals surface area contributed by atoms with Gasteiger partial charge in [0.15, 0.2) is 0 Å². The smallest absolute Gasteiger partial charge is 0.261 e. The van der Waals surface area contributed by atoms with Gasteiger partial charge in [-0.15, -0.1) is 0 Å². The molecule has 0 saturated carbocycles. The molecule has 1 fully saturated rings. The third kappa shape index (κ3) is 4.15. The molecule has 9 nitrogen and oxygen atoms in total. The van der Waals surface area contributed by atoms with Gasteiger partial charge in [-0.3, -0.25) is 14.5 Å². The lowest BCUT2D eigenvalue weighted by Gasteiger charge is -2.26. The highest BCUT2D eigenvalue weighted by atomic mass is 19.1. The van der Waals surface area contributed by atoms with Crippen molar-refractivity contribution in [3.8, 4) is 11.4 Å². The summed E-state index contributed by atoms with van der Waals surface area (Å²) in [6.45, 7) is 1.80. The topological polar surface area (TPSA) is 120 Å². The van der Waals surface area contributed by atoms with E-state index in [2.05, 4.69) is 19.9 Å². The van der Waals surface area contributed by atoms with Gasteiger partial charge in [0.05, 0.1) is 40.8 Å². The van der Waals surface area contributed by atoms with E-state index in [-0.39, 0.29) is 34.4 Å². The second-order valence-corrected chi connectivity index (χ2v) is 8.87. The van der Waals surface area contributed by atoms with Crippen LogP contribution in [0.25, 0.3) is 33.3 Å². The summed E-state index contributed by atoms with van der Waals surface area (Å²) in [5.41, 5.74) is 8.07. The molecule has 4 aromatic rings. The molecule has 3 heterocycles. The lowest BCUT2D eigenvalue weighted by Crippen LogP contribution is -2.42. The Morgan fingerprint density at radius 1 is 1.29 bits per heavy atom. The van der Waals surface area contributed by atoms with Crippen molar-refractivity contribution in [2.75, 3.05) is 44.5 Å². The first-order chi connectivity index (χ1) is 16.9. The Morgan fingerprint density at radius 2 is 2.11 bits per heavy atom. The standard InChI is InChI=1S/C25H27FN6O3/c1-31(20(33)12-32-10-4-5-15(32)13-35-2)14-8-9-17-19(11-14)29-24(28-17)22-23(27)21-16(26)6-3-7-18(21)30-25(22)34/h3,6-9,11,15H,4-5,10,12-13H2,1-2H3,(H,28,29)(H3,27,30,34). The highest BCUT2D eigenvalue weighted by molar-refractivity contribution is 5.99. The van der Waals surface area contributed by atoms with Crippen molar-refractivity contribution < 1.29 is 13.9 Å². The number of pyridine rings is 1. The van der Waals surface area contributed by atoms with Gasteiger partial charge in [-0.1, -0.05) is 6.07 Å². The van der Waals surface area contributed by atoms with E-state index in [0.29, 0.717) is 35.4 Å². The van der Waals surface area contributed by atoms with Crippen LogP contribution in [0.3, 0.4) is 0 Å². The Hall–Kier alpha value is -3.76. The molecule has 10 heteroatoms. The van der Waals surface area contributed by atoms with Crippen molar-refractivity contribution in [3.63, 3.8) is 0 Å². The number of likely N-dealkylation sites (N-methyl/N-ethyl adjacent to an activating group) is 1. The quantitative estimate of drug-likeness (QED) is 0.392. The van der Waals surface area contributed by atoms with E-state index in [9.17, 15) is 14.0 Å². The van der Waals surface area contributed by atoms with Gasteiger partial charge in [-0.25, -0.2) is 9.37 Å². The van der Waals surface area contributed by atoms with Crippen LogP contribution in [0.15, 0.2) is 41.2 Å². The molecule has 5 rings (SSSR count). The lowest BCUT2D eigenvalue weighted by atomic mass is 10.1. The highest BCUT2D eigenvalue weighted by Crippen LogP contribution is 2.30. The fraction of sp³-hybridized carbons (Fsp3) is 0.320. The van der Waals surface area contributed by atoms with Gasteiger partial charge in [0.25, 0.3) is 5.56 Å². The van der Waals surface area contributed by atoms with Crippen molar-refractivity contribution in [1.82, 2.24) is 19.9 Å². The molecule has 182 valence electrons. The molecule has 1 amide bonds. The average molecular weight is 479 g/mol. The number of fused-ring (bicyclic) bond motifs is 2. The number of rotatable bonds is 6. The van der Waals surface area contributed by atoms with Gasteiger partial charge in [-0.05, 0) is 49.7 Å². The molecule has 0 bridgehead atoms. The first kappa shape index (κ1) is 23.0. The van der Waals surface area contributed by atoms with E-state index in [4.69, 9.17) is 10.5 Å². The summed E-state index contributed by atoms with van der Waals surface area (Å²) in [5.74, 6) is -0.325. The number of benzene rings is 2. The van der Waals surface area contributed by atoms with Gasteiger partial charge < -0.3 is 25.3 Å². The zero-order valence-corrected chi connectivity index (χ0v) is 19.6. The molecule has 2 aromatic heterocycles. The van der Waals surface area contributed by atoms with Crippen LogP contribution in [-0.4, -0.2) is 65.7 Å². The number of ether oxygens (including phenoxy) is 1. The number of amides is 1. The maximum absolute atomic E-state index is 14.4. The Kier molecular flexibility index (Phi) is 6.00. The summed E-state index contributed by atoms with van der Waals surface area (Å²) in [6, 6.07) is 10.0. The SMILES string of the molecule is COCC1CCCN1CC(=O)N(C)c1ccc2nc(-c3c(N)c4c(F)cccc4[nH]c3=O)[nH]c2c1. The summed E-state index contributed by atoms with van der Waals surface area (Å²) in [7, 11) is 3.41. The number of halogens is 1. The molecular weight excluding hydrogens is 451 g/mol. The fourth-order valence-corrected chi connectivity index (χ4v) is 4.80. The average Bonchev–Trinajstić information content (AvgIpc) is 3.44. The van der Waals surface area contributed by atoms with Crippen molar-refractivity contribution in [1.29, 1.82) is 0 Å². The van der Waals surface area contributed by atoms with Crippen LogP contribution < -0.4 is 16.2 Å². The van der Waals surface area contributed by atoms with Gasteiger partial charge in [-0.2, -0.15) is 0 Å². The number of likely N-dealkylation sites (tertiary alicyclic amines) is 1. The second kappa shape index (κ2) is 9.12. The number of hydrogen-bond donors (Lipinski definition) is 3. The third-order valence-electron chi connectivity index (χ3n) is 6.69. The number of nitrogens with two attached hydrogens (primary N) is 1. The molecule has 1 aliphatic rings. The summed E-state index contributed by atoms with van der Waals surface area (Å²) in [5, 5.41) is 0.141. The van der Waals surface area contributed by atoms with Crippen molar-refractivity contribution >= 4 is 39.2 Å². The minimum atomic E-state index is -0.526. The first-order valence-corrected chi connectivity index (χ1v) is 11.5. The van der Waals surface area contributed by atoms with Crippen molar-refractivity contribution in [2.45, 2.75) is 18.9 Å². The number of carbonyl (C=O) groups excluding carboxylic acids is 1. The summed E-state index contributed by atoms with van der Waals surface area (Å²) in [6.07, 6.45) is 2.07. The van der Waals surface area contributed by atoms with Crippen LogP contribution >= 0.6 is 0 Å². The Morgan fingerprint density at radius 3 is 2.91 bits per heavy atom. The van der Waals surface area contributed by atoms with Crippen molar-refractivity contribution in [3.05, 3.63) is 52.6 Å². The zero-order chi connectivity index (χ0) is 24.7. The van der Waals surface area contributed by atoms with Crippen LogP contribution in [-0.2, 0) is 9.53 Å². The first-order valence-electron chi connectivity index (χ1n) is 11.5. The number of aromatic nitrogens is 3. The molecule has 1 atom stereocenters. The second-order valence-electron chi connectivity index (χ2n) is 8.87. The summed E-state index contributed by atoms with van der Waals surface area (Å²) >= 11 is 0. The van der Waals surface area contributed by atoms with Crippen LogP contribution in [0.5, 0.6) is 0 Å². The number of hydrogen-bond acceptors (Lipinski definition) is 6. The number of H-pyrrole nitrogens is 2. The normalized spacial score (nSPS) is 16.4. The summed E-state index contributed by atoms with van der Waals surface area (Å²) < 4.78 is 19.7. The third-order valence-corrected chi connectivity index (χ3v) is 6.69. The fourth-order valence-electron chi connectivity index (χ4n) is 4.80. The number of carbonyl (C=O) groups is 1. The highest BCUT2D eigenvalue weighted by Gasteiger charge is 2.27. The van der Waals surface area contributed by atoms with Gasteiger partial charge in [0, 0.05) is 25.9 Å². The number of nitrogens with one attached hydrogen (secondary N) is 2. The minimum Gasteiger partial charge on any atom is -0.397 e. The maximum Gasteiger partial charge on any atom is 0.261 e. The molecule has 1 saturated heterocycles. The molecular formula is C25H27FN6O3. The predicted octanol–water partition coefficient (Wildman–Crippen LogP) is 2.87. The maximum atomic E-state index is 14.4. The Balaban J connectivity index is 1.45. The van der Waals surface area contributed by atoms with Crippen molar-refractivity contribution in [2.24, 2.45) is 0 Å². The van der Waals surface area contributed by atoms with Gasteiger partial charge in [0.2, 0.25) is 5.91 Å². The molecule has 35 heavy (non-hydrogen) atoms. The molecule has 0 radical (unpaired) electrons. The van der Waals surface area contributed by atoms with E-state index in [1.165, 1.54) is 12.1 Å². The largest absolute Gasteiger partial charge is 0.397 e. The van der Waals surface area contributed by atoms with E-state index >= 15 is 0 Å². The van der Waals surface area contributed by atoms with Crippen LogP contribution in [0, 0.1) is 5.82 Å². The van der Waals surface area contributed by atoms with Gasteiger partial charge >= 0.3 is 0 Å². The number of aromatic amines is 2. The van der Waals surface area contributed by atoms with Crippen LogP contribution in [0.1, 0.15) is 12.8 Å². The monoisotopic (exact) mass is 478 g/mol. The lowest BCUT2D eigenvalue weighted by molar-refractivity contribution is -0.119. The number of nitrogen functional groups attached to an aromatic ring is 1. The number of imidazole rings is 1. The number of nitrogens with zero attached hydrogens (tertiary/aromatic N) is 3. The summed E-state index contributed by atoms with van der Waals surface area (Å²) in [4.78, 5) is 39.8. The molecule has 0 aliphatic carbocycles. The minimum absolute atomic E-state index is 0.0182.